The number of anilines is 1. The Kier molecular flexibility index (Phi) is 7.91. The number of hydrogen-bond acceptors (Lipinski definition) is 5. The quantitative estimate of drug-likeness (QED) is 0.158. The maximum atomic E-state index is 13.5. The molecule has 0 saturated carbocycles. The third-order valence-corrected chi connectivity index (χ3v) is 7.28. The zero-order valence-electron chi connectivity index (χ0n) is 20.0. The topological polar surface area (TPSA) is 51.1 Å². The van der Waals surface area contributed by atoms with Crippen LogP contribution in [0, 0.1) is 3.57 Å². The molecule has 0 bridgehead atoms. The molecule has 0 unspecified atom stereocenters. The Morgan fingerprint density at radius 3 is 2.30 bits per heavy atom. The van der Waals surface area contributed by atoms with Crippen LogP contribution in [0.3, 0.4) is 0 Å². The first-order valence-electron chi connectivity index (χ1n) is 11.6. The summed E-state index contributed by atoms with van der Waals surface area (Å²) in [4.78, 5) is 20.5. The van der Waals surface area contributed by atoms with Crippen molar-refractivity contribution in [2.45, 2.75) is 6.61 Å². The van der Waals surface area contributed by atoms with Crippen molar-refractivity contribution in [2.75, 3.05) is 12.0 Å². The number of amidine groups is 1. The van der Waals surface area contributed by atoms with Crippen LogP contribution in [-0.2, 0) is 11.4 Å². The molecule has 7 heteroatoms. The summed E-state index contributed by atoms with van der Waals surface area (Å²) in [6, 6.07) is 33.1. The van der Waals surface area contributed by atoms with Crippen molar-refractivity contribution in [3.8, 4) is 11.5 Å². The van der Waals surface area contributed by atoms with E-state index in [9.17, 15) is 4.79 Å². The second kappa shape index (κ2) is 11.7. The summed E-state index contributed by atoms with van der Waals surface area (Å²) >= 11 is 3.63. The summed E-state index contributed by atoms with van der Waals surface area (Å²) in [6.07, 6.45) is 1.86. The molecule has 1 saturated heterocycles. The van der Waals surface area contributed by atoms with Gasteiger partial charge >= 0.3 is 0 Å². The van der Waals surface area contributed by atoms with Crippen LogP contribution in [0.25, 0.3) is 6.08 Å². The molecule has 0 radical (unpaired) electrons. The van der Waals surface area contributed by atoms with Crippen LogP contribution in [-0.4, -0.2) is 18.2 Å². The summed E-state index contributed by atoms with van der Waals surface area (Å²) in [6.45, 7) is 0.438. The van der Waals surface area contributed by atoms with E-state index in [1.165, 1.54) is 15.3 Å². The first-order valence-corrected chi connectivity index (χ1v) is 13.5. The number of para-hydroxylation sites is 2. The number of ether oxygens (including phenoxy) is 2. The fraction of sp³-hybridized carbons (Fsp3) is 0.0667. The van der Waals surface area contributed by atoms with Crippen LogP contribution >= 0.6 is 34.4 Å². The van der Waals surface area contributed by atoms with Gasteiger partial charge in [-0.25, -0.2) is 4.99 Å². The van der Waals surface area contributed by atoms with Gasteiger partial charge in [-0.2, -0.15) is 0 Å². The highest BCUT2D eigenvalue weighted by atomic mass is 127. The number of methoxy groups -OCH3 is 1. The average Bonchev–Trinajstić information content (AvgIpc) is 3.23. The lowest BCUT2D eigenvalue weighted by molar-refractivity contribution is -0.113. The average molecular weight is 618 g/mol. The second-order valence-electron chi connectivity index (χ2n) is 8.14. The van der Waals surface area contributed by atoms with E-state index in [-0.39, 0.29) is 5.91 Å². The van der Waals surface area contributed by atoms with E-state index in [1.807, 2.05) is 97.1 Å². The van der Waals surface area contributed by atoms with E-state index < -0.39 is 0 Å². The smallest absolute Gasteiger partial charge is 0.271 e. The molecular formula is C30H23IN2O3S. The summed E-state index contributed by atoms with van der Waals surface area (Å²) < 4.78 is 12.8. The number of carbonyl (C=O) groups is 1. The van der Waals surface area contributed by atoms with Crippen molar-refractivity contribution in [3.05, 3.63) is 123 Å². The molecule has 5 rings (SSSR count). The Hall–Kier alpha value is -3.56. The highest BCUT2D eigenvalue weighted by Gasteiger charge is 2.34. The summed E-state index contributed by atoms with van der Waals surface area (Å²) in [7, 11) is 1.61. The van der Waals surface area contributed by atoms with Crippen molar-refractivity contribution in [2.24, 2.45) is 4.99 Å². The van der Waals surface area contributed by atoms with Gasteiger partial charge in [-0.05, 0) is 100 Å². The minimum Gasteiger partial charge on any atom is -0.493 e. The van der Waals surface area contributed by atoms with Crippen molar-refractivity contribution in [1.29, 1.82) is 0 Å². The van der Waals surface area contributed by atoms with Crippen LogP contribution in [0.4, 0.5) is 11.4 Å². The SMILES string of the molecule is COc1cc(/C=C2\SC(=Nc3ccccc3)N(c3ccccc3)C2=O)ccc1OCc1ccc(I)cc1. The molecule has 184 valence electrons. The normalized spacial score (nSPS) is 15.4. The Morgan fingerprint density at radius 2 is 1.59 bits per heavy atom. The van der Waals surface area contributed by atoms with Gasteiger partial charge in [0.15, 0.2) is 16.7 Å². The molecule has 1 heterocycles. The molecule has 37 heavy (non-hydrogen) atoms. The van der Waals surface area contributed by atoms with Gasteiger partial charge in [-0.3, -0.25) is 9.69 Å². The van der Waals surface area contributed by atoms with Gasteiger partial charge in [-0.15, -0.1) is 0 Å². The Bertz CT molecular complexity index is 1460. The monoisotopic (exact) mass is 618 g/mol. The van der Waals surface area contributed by atoms with Gasteiger partial charge < -0.3 is 9.47 Å². The van der Waals surface area contributed by atoms with E-state index in [0.29, 0.717) is 28.2 Å². The van der Waals surface area contributed by atoms with E-state index in [4.69, 9.17) is 14.5 Å². The highest BCUT2D eigenvalue weighted by Crippen LogP contribution is 2.38. The number of nitrogens with zero attached hydrogens (tertiary/aromatic N) is 2. The molecule has 5 nitrogen and oxygen atoms in total. The van der Waals surface area contributed by atoms with E-state index in [0.717, 1.165) is 22.5 Å². The van der Waals surface area contributed by atoms with Crippen LogP contribution in [0.5, 0.6) is 11.5 Å². The Morgan fingerprint density at radius 1 is 0.892 bits per heavy atom. The number of aliphatic imine (C=N–C) groups is 1. The molecular weight excluding hydrogens is 595 g/mol. The van der Waals surface area contributed by atoms with Crippen LogP contribution < -0.4 is 14.4 Å². The van der Waals surface area contributed by atoms with E-state index in [1.54, 1.807) is 12.0 Å². The molecule has 4 aromatic carbocycles. The minimum atomic E-state index is -0.121. The summed E-state index contributed by atoms with van der Waals surface area (Å²) in [5.41, 5.74) is 3.47. The molecule has 1 fully saturated rings. The lowest BCUT2D eigenvalue weighted by atomic mass is 10.1. The number of rotatable bonds is 7. The van der Waals surface area contributed by atoms with Gasteiger partial charge in [0.25, 0.3) is 5.91 Å². The summed E-state index contributed by atoms with van der Waals surface area (Å²) in [5, 5.41) is 0.609. The number of thioether (sulfide) groups is 1. The van der Waals surface area contributed by atoms with Crippen molar-refractivity contribution in [3.63, 3.8) is 0 Å². The Labute approximate surface area is 234 Å². The number of hydrogen-bond donors (Lipinski definition) is 0. The molecule has 0 N–H and O–H groups in total. The van der Waals surface area contributed by atoms with Gasteiger partial charge in [-0.1, -0.05) is 54.6 Å². The van der Waals surface area contributed by atoms with Crippen LogP contribution in [0.15, 0.2) is 113 Å². The van der Waals surface area contributed by atoms with Crippen LogP contribution in [0.1, 0.15) is 11.1 Å². The largest absolute Gasteiger partial charge is 0.493 e. The summed E-state index contributed by atoms with van der Waals surface area (Å²) in [5.74, 6) is 1.13. The molecule has 4 aromatic rings. The maximum absolute atomic E-state index is 13.5. The predicted octanol–water partition coefficient (Wildman–Crippen LogP) is 7.69. The van der Waals surface area contributed by atoms with Crippen molar-refractivity contribution >= 4 is 62.9 Å². The highest BCUT2D eigenvalue weighted by molar-refractivity contribution is 14.1. The number of carbonyl (C=O) groups excluding carboxylic acids is 1. The van der Waals surface area contributed by atoms with Gasteiger partial charge in [0, 0.05) is 3.57 Å². The molecule has 0 spiro atoms. The lowest BCUT2D eigenvalue weighted by Crippen LogP contribution is -2.28. The zero-order valence-corrected chi connectivity index (χ0v) is 23.0. The predicted molar refractivity (Wildman–Crippen MR) is 160 cm³/mol. The number of halogens is 1. The lowest BCUT2D eigenvalue weighted by Gasteiger charge is -2.15. The first kappa shape index (κ1) is 25.1. The number of benzene rings is 4. The maximum Gasteiger partial charge on any atom is 0.271 e. The third kappa shape index (κ3) is 6.06. The molecule has 1 aliphatic rings. The van der Waals surface area contributed by atoms with E-state index >= 15 is 0 Å². The molecule has 0 aliphatic carbocycles. The fourth-order valence-electron chi connectivity index (χ4n) is 3.75. The molecule has 1 amide bonds. The molecule has 0 atom stereocenters. The van der Waals surface area contributed by atoms with Gasteiger partial charge in [0.1, 0.15) is 6.61 Å². The minimum absolute atomic E-state index is 0.121. The molecule has 1 aliphatic heterocycles. The van der Waals surface area contributed by atoms with Gasteiger partial charge in [0.05, 0.1) is 23.4 Å². The zero-order chi connectivity index (χ0) is 25.6. The van der Waals surface area contributed by atoms with E-state index in [2.05, 4.69) is 34.7 Å². The molecule has 0 aromatic heterocycles. The Balaban J connectivity index is 1.42. The standard InChI is InChI=1S/C30H23IN2O3S/c1-35-27-18-22(14-17-26(27)36-20-21-12-15-23(31)16-13-21)19-28-29(34)33(25-10-6-3-7-11-25)30(37-28)32-24-8-4-2-5-9-24/h2-19H,20H2,1H3/b28-19-,32-30?. The third-order valence-electron chi connectivity index (χ3n) is 5.59. The second-order valence-corrected chi connectivity index (χ2v) is 10.4. The van der Waals surface area contributed by atoms with Crippen molar-refractivity contribution < 1.29 is 14.3 Å². The van der Waals surface area contributed by atoms with Gasteiger partial charge in [0.2, 0.25) is 0 Å². The fourth-order valence-corrected chi connectivity index (χ4v) is 5.11. The number of amides is 1. The van der Waals surface area contributed by atoms with Crippen molar-refractivity contribution in [1.82, 2.24) is 0 Å². The van der Waals surface area contributed by atoms with Crippen LogP contribution in [0.2, 0.25) is 0 Å². The first-order chi connectivity index (χ1) is 18.1.